The highest BCUT2D eigenvalue weighted by Gasteiger charge is 2.27. The molecule has 0 saturated heterocycles. The number of esters is 2. The van der Waals surface area contributed by atoms with Crippen molar-refractivity contribution in [2.45, 2.75) is 66.6 Å². The van der Waals surface area contributed by atoms with E-state index in [1.807, 2.05) is 41.5 Å². The van der Waals surface area contributed by atoms with Crippen molar-refractivity contribution >= 4 is 34.5 Å². The van der Waals surface area contributed by atoms with Gasteiger partial charge in [0.05, 0.1) is 11.1 Å². The lowest BCUT2D eigenvalue weighted by Crippen LogP contribution is -2.27. The summed E-state index contributed by atoms with van der Waals surface area (Å²) in [6.45, 7) is 12.0. The quantitative estimate of drug-likeness (QED) is 0.381. The average Bonchev–Trinajstić information content (AvgIpc) is 2.56. The Morgan fingerprint density at radius 3 is 1.84 bits per heavy atom. The molecule has 0 fully saturated rings. The number of ether oxygens (including phenoxy) is 2. The summed E-state index contributed by atoms with van der Waals surface area (Å²) in [5.74, 6) is -0.493. The normalized spacial score (nSPS) is 13.6. The van der Waals surface area contributed by atoms with E-state index in [0.717, 1.165) is 12.8 Å². The molecule has 0 saturated carbocycles. The second kappa shape index (κ2) is 10.1. The molecule has 5 heteroatoms. The van der Waals surface area contributed by atoms with E-state index in [4.69, 9.17) is 9.47 Å². The summed E-state index contributed by atoms with van der Waals surface area (Å²) >= 11 is 2.06. The largest absolute Gasteiger partial charge is 0.459 e. The minimum Gasteiger partial charge on any atom is -0.459 e. The molecule has 0 heterocycles. The van der Waals surface area contributed by atoms with Crippen molar-refractivity contribution in [3.05, 3.63) is 32.9 Å². The number of halogens is 1. The van der Waals surface area contributed by atoms with Crippen LogP contribution in [-0.2, 0) is 9.47 Å². The third-order valence-corrected chi connectivity index (χ3v) is 5.15. The minimum absolute atomic E-state index is 0.173. The predicted octanol–water partition coefficient (Wildman–Crippen LogP) is 5.47. The zero-order chi connectivity index (χ0) is 19.1. The van der Waals surface area contributed by atoms with Gasteiger partial charge in [0.2, 0.25) is 0 Å². The Bertz CT molecular complexity index is 595. The van der Waals surface area contributed by atoms with E-state index >= 15 is 0 Å². The topological polar surface area (TPSA) is 52.6 Å². The summed E-state index contributed by atoms with van der Waals surface area (Å²) in [6.07, 6.45) is 1.12. The van der Waals surface area contributed by atoms with Crippen LogP contribution in [0.15, 0.2) is 18.2 Å². The molecule has 0 aliphatic carbocycles. The molecule has 1 aromatic rings. The molecule has 2 atom stereocenters. The monoisotopic (exact) mass is 460 g/mol. The lowest BCUT2D eigenvalue weighted by molar-refractivity contribution is 0.0126. The van der Waals surface area contributed by atoms with Crippen LogP contribution in [0.1, 0.15) is 75.1 Å². The van der Waals surface area contributed by atoms with E-state index in [9.17, 15) is 9.59 Å². The first-order chi connectivity index (χ1) is 11.7. The fourth-order valence-electron chi connectivity index (χ4n) is 2.68. The molecule has 0 amide bonds. The molecule has 2 unspecified atom stereocenters. The van der Waals surface area contributed by atoms with Crippen LogP contribution in [0, 0.1) is 15.4 Å². The summed E-state index contributed by atoms with van der Waals surface area (Å²) in [7, 11) is 0. The molecule has 4 nitrogen and oxygen atoms in total. The third kappa shape index (κ3) is 5.97. The van der Waals surface area contributed by atoms with Crippen molar-refractivity contribution in [2.24, 2.45) is 11.8 Å². The van der Waals surface area contributed by atoms with Crippen LogP contribution < -0.4 is 0 Å². The lowest BCUT2D eigenvalue weighted by atomic mass is 10.0. The van der Waals surface area contributed by atoms with Gasteiger partial charge in [-0.15, -0.1) is 0 Å². The molecule has 140 valence electrons. The first-order valence-electron chi connectivity index (χ1n) is 8.93. The lowest BCUT2D eigenvalue weighted by Gasteiger charge is -2.22. The molecule has 25 heavy (non-hydrogen) atoms. The SMILES string of the molecule is CCC(OC(=O)c1cccc(I)c1C(=O)OC(CC)C(C)C)C(C)C. The van der Waals surface area contributed by atoms with Crippen LogP contribution in [-0.4, -0.2) is 24.1 Å². The first kappa shape index (κ1) is 21.9. The van der Waals surface area contributed by atoms with Gasteiger partial charge in [-0.2, -0.15) is 0 Å². The molecule has 0 bridgehead atoms. The van der Waals surface area contributed by atoms with Crippen LogP contribution in [0.2, 0.25) is 0 Å². The molecule has 0 N–H and O–H groups in total. The Kier molecular flexibility index (Phi) is 8.89. The molecule has 1 rings (SSSR count). The predicted molar refractivity (Wildman–Crippen MR) is 108 cm³/mol. The second-order valence-corrected chi connectivity index (χ2v) is 8.02. The van der Waals surface area contributed by atoms with Gasteiger partial charge >= 0.3 is 11.9 Å². The highest BCUT2D eigenvalue weighted by molar-refractivity contribution is 14.1. The Balaban J connectivity index is 3.12. The van der Waals surface area contributed by atoms with Crippen molar-refractivity contribution in [3.8, 4) is 0 Å². The smallest absolute Gasteiger partial charge is 0.340 e. The van der Waals surface area contributed by atoms with Crippen LogP contribution >= 0.6 is 22.6 Å². The molecule has 1 aromatic carbocycles. The minimum atomic E-state index is -0.469. The van der Waals surface area contributed by atoms with Crippen LogP contribution in [0.4, 0.5) is 0 Å². The Labute approximate surface area is 164 Å². The van der Waals surface area contributed by atoms with Crippen LogP contribution in [0.25, 0.3) is 0 Å². The molecule has 0 aliphatic heterocycles. The number of rotatable bonds is 8. The van der Waals surface area contributed by atoms with E-state index in [-0.39, 0.29) is 29.6 Å². The number of hydrogen-bond acceptors (Lipinski definition) is 4. The van der Waals surface area contributed by atoms with Gasteiger partial charge in [0.15, 0.2) is 0 Å². The van der Waals surface area contributed by atoms with E-state index in [1.54, 1.807) is 18.2 Å². The highest BCUT2D eigenvalue weighted by Crippen LogP contribution is 2.23. The van der Waals surface area contributed by atoms with Gasteiger partial charge in [-0.25, -0.2) is 9.59 Å². The standard InChI is InChI=1S/C20H29IO4/c1-7-16(12(3)4)24-19(22)14-10-9-11-15(21)18(14)20(23)25-17(8-2)13(5)6/h9-13,16-17H,7-8H2,1-6H3. The molecular weight excluding hydrogens is 431 g/mol. The fraction of sp³-hybridized carbons (Fsp3) is 0.600. The van der Waals surface area contributed by atoms with Gasteiger partial charge < -0.3 is 9.47 Å². The second-order valence-electron chi connectivity index (χ2n) is 6.85. The summed E-state index contributed by atoms with van der Waals surface area (Å²) in [4.78, 5) is 25.4. The zero-order valence-electron chi connectivity index (χ0n) is 16.0. The fourth-order valence-corrected chi connectivity index (χ4v) is 3.40. The highest BCUT2D eigenvalue weighted by atomic mass is 127. The van der Waals surface area contributed by atoms with E-state index in [1.165, 1.54) is 0 Å². The summed E-state index contributed by atoms with van der Waals surface area (Å²) in [6, 6.07) is 5.18. The Hall–Kier alpha value is -1.11. The van der Waals surface area contributed by atoms with Crippen LogP contribution in [0.3, 0.4) is 0 Å². The maximum Gasteiger partial charge on any atom is 0.340 e. The molecule has 0 aliphatic rings. The Morgan fingerprint density at radius 1 is 0.920 bits per heavy atom. The molecule has 0 spiro atoms. The number of carbonyl (C=O) groups is 2. The van der Waals surface area contributed by atoms with Crippen molar-refractivity contribution in [1.82, 2.24) is 0 Å². The number of carbonyl (C=O) groups excluding carboxylic acids is 2. The van der Waals surface area contributed by atoms with Gasteiger partial charge in [0.25, 0.3) is 0 Å². The van der Waals surface area contributed by atoms with Gasteiger partial charge in [-0.1, -0.05) is 47.6 Å². The van der Waals surface area contributed by atoms with E-state index in [0.29, 0.717) is 9.13 Å². The van der Waals surface area contributed by atoms with Crippen molar-refractivity contribution in [2.75, 3.05) is 0 Å². The van der Waals surface area contributed by atoms with Crippen LogP contribution in [0.5, 0.6) is 0 Å². The van der Waals surface area contributed by atoms with Gasteiger partial charge in [-0.3, -0.25) is 0 Å². The summed E-state index contributed by atoms with van der Waals surface area (Å²) in [5.41, 5.74) is 0.570. The van der Waals surface area contributed by atoms with Crippen molar-refractivity contribution in [1.29, 1.82) is 0 Å². The van der Waals surface area contributed by atoms with E-state index < -0.39 is 11.9 Å². The number of hydrogen-bond donors (Lipinski definition) is 0. The molecule has 0 radical (unpaired) electrons. The van der Waals surface area contributed by atoms with Gasteiger partial charge in [-0.05, 0) is 59.4 Å². The first-order valence-corrected chi connectivity index (χ1v) is 10.0. The number of benzene rings is 1. The van der Waals surface area contributed by atoms with E-state index in [2.05, 4.69) is 22.6 Å². The zero-order valence-corrected chi connectivity index (χ0v) is 18.1. The molecular formula is C20H29IO4. The molecule has 0 aromatic heterocycles. The Morgan fingerprint density at radius 2 is 1.40 bits per heavy atom. The third-order valence-electron chi connectivity index (χ3n) is 4.25. The maximum atomic E-state index is 12.7. The summed E-state index contributed by atoms with van der Waals surface area (Å²) < 4.78 is 12.0. The van der Waals surface area contributed by atoms with Gasteiger partial charge in [0, 0.05) is 3.57 Å². The summed E-state index contributed by atoms with van der Waals surface area (Å²) in [5, 5.41) is 0. The van der Waals surface area contributed by atoms with Crippen molar-refractivity contribution in [3.63, 3.8) is 0 Å². The maximum absolute atomic E-state index is 12.7. The van der Waals surface area contributed by atoms with Gasteiger partial charge in [0.1, 0.15) is 12.2 Å². The van der Waals surface area contributed by atoms with Crippen molar-refractivity contribution < 1.29 is 19.1 Å². The average molecular weight is 460 g/mol.